The predicted octanol–water partition coefficient (Wildman–Crippen LogP) is 2.48. The van der Waals surface area contributed by atoms with E-state index in [0.717, 1.165) is 18.4 Å². The molecule has 120 valence electrons. The minimum absolute atomic E-state index is 0.130. The van der Waals surface area contributed by atoms with Gasteiger partial charge in [0.2, 0.25) is 5.91 Å². The molecule has 0 aliphatic carbocycles. The molecule has 3 rings (SSSR count). The van der Waals surface area contributed by atoms with Crippen LogP contribution in [0.2, 0.25) is 0 Å². The maximum Gasteiger partial charge on any atom is 0.227 e. The third-order valence-corrected chi connectivity index (χ3v) is 4.19. The molecule has 1 amide bonds. The minimum Gasteiger partial charge on any atom is -0.375 e. The normalized spacial score (nSPS) is 17.9. The van der Waals surface area contributed by atoms with Crippen molar-refractivity contribution in [2.45, 2.75) is 25.4 Å². The summed E-state index contributed by atoms with van der Waals surface area (Å²) in [6.07, 6.45) is 5.95. The smallest absolute Gasteiger partial charge is 0.227 e. The summed E-state index contributed by atoms with van der Waals surface area (Å²) in [4.78, 5) is 18.4. The molecular formula is C19H22N2O2. The molecule has 1 aromatic carbocycles. The number of rotatable bonds is 5. The van der Waals surface area contributed by atoms with Gasteiger partial charge in [-0.1, -0.05) is 30.3 Å². The van der Waals surface area contributed by atoms with Crippen LogP contribution in [0.1, 0.15) is 17.5 Å². The molecule has 2 heterocycles. The van der Waals surface area contributed by atoms with Crippen LogP contribution in [0.15, 0.2) is 54.9 Å². The standard InChI is InChI=1S/C19H22N2O2/c22-19(14-17-8-10-20-11-9-17)21-12-13-23-18(15-21)7-6-16-4-2-1-3-5-16/h1-5,8-11,18H,6-7,12-15H2. The first kappa shape index (κ1) is 15.7. The third kappa shape index (κ3) is 4.63. The van der Waals surface area contributed by atoms with Gasteiger partial charge in [-0.25, -0.2) is 0 Å². The number of amides is 1. The lowest BCUT2D eigenvalue weighted by Gasteiger charge is -2.33. The Balaban J connectivity index is 1.50. The summed E-state index contributed by atoms with van der Waals surface area (Å²) in [6.45, 7) is 2.00. The molecule has 1 unspecified atom stereocenters. The molecule has 1 fully saturated rings. The second kappa shape index (κ2) is 7.88. The summed E-state index contributed by atoms with van der Waals surface area (Å²) < 4.78 is 5.83. The summed E-state index contributed by atoms with van der Waals surface area (Å²) in [5.41, 5.74) is 2.33. The quantitative estimate of drug-likeness (QED) is 0.852. The van der Waals surface area contributed by atoms with Crippen LogP contribution < -0.4 is 0 Å². The van der Waals surface area contributed by atoms with Crippen molar-refractivity contribution in [2.75, 3.05) is 19.7 Å². The van der Waals surface area contributed by atoms with E-state index in [-0.39, 0.29) is 12.0 Å². The fourth-order valence-corrected chi connectivity index (χ4v) is 2.88. The molecule has 1 aromatic heterocycles. The lowest BCUT2D eigenvalue weighted by atomic mass is 10.1. The van der Waals surface area contributed by atoms with E-state index in [1.807, 2.05) is 23.1 Å². The second-order valence-electron chi connectivity index (χ2n) is 5.89. The van der Waals surface area contributed by atoms with Gasteiger partial charge >= 0.3 is 0 Å². The summed E-state index contributed by atoms with van der Waals surface area (Å²) >= 11 is 0. The molecule has 23 heavy (non-hydrogen) atoms. The highest BCUT2D eigenvalue weighted by molar-refractivity contribution is 5.78. The SMILES string of the molecule is O=C(Cc1ccncc1)N1CCOC(CCc2ccccc2)C1. The van der Waals surface area contributed by atoms with Gasteiger partial charge in [-0.3, -0.25) is 9.78 Å². The second-order valence-corrected chi connectivity index (χ2v) is 5.89. The van der Waals surface area contributed by atoms with Gasteiger partial charge < -0.3 is 9.64 Å². The van der Waals surface area contributed by atoms with E-state index >= 15 is 0 Å². The summed E-state index contributed by atoms with van der Waals surface area (Å²) in [7, 11) is 0. The molecule has 1 saturated heterocycles. The van der Waals surface area contributed by atoms with Crippen LogP contribution in [0.4, 0.5) is 0 Å². The van der Waals surface area contributed by atoms with E-state index in [9.17, 15) is 4.79 Å². The van der Waals surface area contributed by atoms with Crippen LogP contribution in [0.5, 0.6) is 0 Å². The maximum atomic E-state index is 12.4. The number of hydrogen-bond acceptors (Lipinski definition) is 3. The Bertz CT molecular complexity index is 616. The zero-order valence-electron chi connectivity index (χ0n) is 13.2. The Labute approximate surface area is 137 Å². The maximum absolute atomic E-state index is 12.4. The Hall–Kier alpha value is -2.20. The first-order chi connectivity index (χ1) is 11.3. The van der Waals surface area contributed by atoms with E-state index in [0.29, 0.717) is 26.1 Å². The van der Waals surface area contributed by atoms with Crippen molar-refractivity contribution in [2.24, 2.45) is 0 Å². The Morgan fingerprint density at radius 3 is 2.70 bits per heavy atom. The predicted molar refractivity (Wildman–Crippen MR) is 89.0 cm³/mol. The topological polar surface area (TPSA) is 42.4 Å². The Kier molecular flexibility index (Phi) is 5.37. The van der Waals surface area contributed by atoms with E-state index in [4.69, 9.17) is 4.74 Å². The molecule has 2 aromatic rings. The molecular weight excluding hydrogens is 288 g/mol. The summed E-state index contributed by atoms with van der Waals surface area (Å²) in [5.74, 6) is 0.171. The van der Waals surface area contributed by atoms with Crippen LogP contribution in [0, 0.1) is 0 Å². The Morgan fingerprint density at radius 1 is 1.13 bits per heavy atom. The van der Waals surface area contributed by atoms with E-state index < -0.39 is 0 Å². The van der Waals surface area contributed by atoms with Gasteiger partial charge in [0.1, 0.15) is 0 Å². The van der Waals surface area contributed by atoms with Crippen LogP contribution in [0.25, 0.3) is 0 Å². The average molecular weight is 310 g/mol. The molecule has 1 aliphatic rings. The number of ether oxygens (including phenoxy) is 1. The van der Waals surface area contributed by atoms with Gasteiger partial charge in [-0.05, 0) is 36.1 Å². The van der Waals surface area contributed by atoms with E-state index in [2.05, 4.69) is 29.2 Å². The molecule has 0 saturated carbocycles. The molecule has 0 bridgehead atoms. The van der Waals surface area contributed by atoms with Gasteiger partial charge in [0, 0.05) is 25.5 Å². The fourth-order valence-electron chi connectivity index (χ4n) is 2.88. The number of hydrogen-bond donors (Lipinski definition) is 0. The highest BCUT2D eigenvalue weighted by Gasteiger charge is 2.24. The van der Waals surface area contributed by atoms with Crippen molar-refractivity contribution in [1.29, 1.82) is 0 Å². The Morgan fingerprint density at radius 2 is 1.91 bits per heavy atom. The van der Waals surface area contributed by atoms with Crippen molar-refractivity contribution in [3.63, 3.8) is 0 Å². The number of nitrogens with zero attached hydrogens (tertiary/aromatic N) is 2. The number of carbonyl (C=O) groups excluding carboxylic acids is 1. The monoisotopic (exact) mass is 310 g/mol. The van der Waals surface area contributed by atoms with Crippen molar-refractivity contribution in [3.05, 3.63) is 66.0 Å². The number of benzene rings is 1. The third-order valence-electron chi connectivity index (χ3n) is 4.19. The number of aryl methyl sites for hydroxylation is 1. The van der Waals surface area contributed by atoms with Crippen LogP contribution in [0.3, 0.4) is 0 Å². The van der Waals surface area contributed by atoms with Gasteiger partial charge in [-0.15, -0.1) is 0 Å². The lowest BCUT2D eigenvalue weighted by molar-refractivity contribution is -0.138. The van der Waals surface area contributed by atoms with Gasteiger partial charge in [-0.2, -0.15) is 0 Å². The van der Waals surface area contributed by atoms with Crippen molar-refractivity contribution in [1.82, 2.24) is 9.88 Å². The van der Waals surface area contributed by atoms with E-state index in [1.54, 1.807) is 12.4 Å². The first-order valence-electron chi connectivity index (χ1n) is 8.13. The minimum atomic E-state index is 0.130. The van der Waals surface area contributed by atoms with Crippen molar-refractivity contribution >= 4 is 5.91 Å². The highest BCUT2D eigenvalue weighted by atomic mass is 16.5. The lowest BCUT2D eigenvalue weighted by Crippen LogP contribution is -2.46. The van der Waals surface area contributed by atoms with Gasteiger partial charge in [0.25, 0.3) is 0 Å². The zero-order valence-corrected chi connectivity index (χ0v) is 13.2. The highest BCUT2D eigenvalue weighted by Crippen LogP contribution is 2.14. The largest absolute Gasteiger partial charge is 0.375 e. The van der Waals surface area contributed by atoms with Crippen molar-refractivity contribution in [3.8, 4) is 0 Å². The van der Waals surface area contributed by atoms with E-state index in [1.165, 1.54) is 5.56 Å². The van der Waals surface area contributed by atoms with Crippen LogP contribution in [-0.2, 0) is 22.4 Å². The molecule has 4 heteroatoms. The first-order valence-corrected chi connectivity index (χ1v) is 8.13. The number of pyridine rings is 1. The molecule has 0 N–H and O–H groups in total. The summed E-state index contributed by atoms with van der Waals surface area (Å²) in [5, 5.41) is 0. The number of morpholine rings is 1. The molecule has 0 radical (unpaired) electrons. The molecule has 1 aliphatic heterocycles. The zero-order chi connectivity index (χ0) is 15.9. The molecule has 4 nitrogen and oxygen atoms in total. The average Bonchev–Trinajstić information content (AvgIpc) is 2.62. The summed E-state index contributed by atoms with van der Waals surface area (Å²) in [6, 6.07) is 14.2. The fraction of sp³-hybridized carbons (Fsp3) is 0.368. The van der Waals surface area contributed by atoms with Gasteiger partial charge in [0.05, 0.1) is 19.1 Å². The van der Waals surface area contributed by atoms with Crippen molar-refractivity contribution < 1.29 is 9.53 Å². The number of aromatic nitrogens is 1. The number of carbonyl (C=O) groups is 1. The van der Waals surface area contributed by atoms with Crippen LogP contribution in [-0.4, -0.2) is 41.6 Å². The van der Waals surface area contributed by atoms with Gasteiger partial charge in [0.15, 0.2) is 0 Å². The molecule has 0 spiro atoms. The van der Waals surface area contributed by atoms with Crippen LogP contribution >= 0.6 is 0 Å². The molecule has 1 atom stereocenters.